The highest BCUT2D eigenvalue weighted by molar-refractivity contribution is 6.05. The van der Waals surface area contributed by atoms with Crippen molar-refractivity contribution in [3.63, 3.8) is 0 Å². The minimum atomic E-state index is -4.64. The Morgan fingerprint density at radius 3 is 2.70 bits per heavy atom. The lowest BCUT2D eigenvalue weighted by Gasteiger charge is -2.31. The largest absolute Gasteiger partial charge is 0.494 e. The van der Waals surface area contributed by atoms with Crippen molar-refractivity contribution in [3.05, 3.63) is 47.9 Å². The third kappa shape index (κ3) is 5.09. The molecule has 3 aromatic rings. The van der Waals surface area contributed by atoms with Gasteiger partial charge < -0.3 is 20.1 Å². The Balaban J connectivity index is 1.55. The van der Waals surface area contributed by atoms with Gasteiger partial charge in [0.15, 0.2) is 0 Å². The number of likely N-dealkylation sites (tertiary alicyclic amines) is 1. The molecule has 0 radical (unpaired) electrons. The summed E-state index contributed by atoms with van der Waals surface area (Å²) >= 11 is 0. The lowest BCUT2D eigenvalue weighted by molar-refractivity contribution is -0.141. The first-order valence-electron chi connectivity index (χ1n) is 10.5. The number of halogens is 3. The molecule has 0 spiro atoms. The van der Waals surface area contributed by atoms with Gasteiger partial charge in [0, 0.05) is 37.3 Å². The lowest BCUT2D eigenvalue weighted by atomic mass is 10.1. The quantitative estimate of drug-likeness (QED) is 0.583. The standard InChI is InChI=1S/C22H24F3N5O3/c1-33-19-12-17-14(13-30(28-17)15-5-7-29(8-6-15)9-10-31)11-18(19)27-21(32)16-3-2-4-20(26-16)22(23,24)25/h2-4,11-13,15,31H,5-10H2,1H3,(H,27,32). The van der Waals surface area contributed by atoms with Crippen molar-refractivity contribution >= 4 is 22.5 Å². The second-order valence-corrected chi connectivity index (χ2v) is 7.88. The molecule has 1 amide bonds. The minimum Gasteiger partial charge on any atom is -0.494 e. The third-order valence-corrected chi connectivity index (χ3v) is 5.71. The van der Waals surface area contributed by atoms with E-state index in [2.05, 4.69) is 20.3 Å². The molecule has 1 aromatic carbocycles. The molecule has 1 saturated heterocycles. The monoisotopic (exact) mass is 463 g/mol. The number of methoxy groups -OCH3 is 1. The predicted molar refractivity (Wildman–Crippen MR) is 115 cm³/mol. The van der Waals surface area contributed by atoms with Crippen LogP contribution in [0.3, 0.4) is 0 Å². The fourth-order valence-corrected chi connectivity index (χ4v) is 3.98. The zero-order chi connectivity index (χ0) is 23.6. The van der Waals surface area contributed by atoms with Crippen LogP contribution in [0, 0.1) is 0 Å². The number of carbonyl (C=O) groups is 1. The molecule has 1 aliphatic heterocycles. The van der Waals surface area contributed by atoms with Crippen LogP contribution < -0.4 is 10.1 Å². The summed E-state index contributed by atoms with van der Waals surface area (Å²) in [6.07, 6.45) is -0.957. The van der Waals surface area contributed by atoms with E-state index in [9.17, 15) is 18.0 Å². The Morgan fingerprint density at radius 1 is 1.27 bits per heavy atom. The van der Waals surface area contributed by atoms with E-state index in [0.717, 1.165) is 43.5 Å². The highest BCUT2D eigenvalue weighted by Crippen LogP contribution is 2.32. The first kappa shape index (κ1) is 23.0. The number of fused-ring (bicyclic) bond motifs is 1. The number of nitrogens with zero attached hydrogens (tertiary/aromatic N) is 4. The summed E-state index contributed by atoms with van der Waals surface area (Å²) in [6.45, 7) is 2.54. The van der Waals surface area contributed by atoms with E-state index in [4.69, 9.17) is 9.84 Å². The van der Waals surface area contributed by atoms with Crippen molar-refractivity contribution in [2.45, 2.75) is 25.1 Å². The topological polar surface area (TPSA) is 92.5 Å². The maximum Gasteiger partial charge on any atom is 0.433 e. The van der Waals surface area contributed by atoms with E-state index in [0.29, 0.717) is 23.5 Å². The summed E-state index contributed by atoms with van der Waals surface area (Å²) in [4.78, 5) is 18.2. The van der Waals surface area contributed by atoms with E-state index in [-0.39, 0.29) is 18.3 Å². The average Bonchev–Trinajstić information content (AvgIpc) is 3.21. The van der Waals surface area contributed by atoms with Gasteiger partial charge in [0.1, 0.15) is 17.1 Å². The van der Waals surface area contributed by atoms with E-state index in [1.807, 2.05) is 10.9 Å². The molecule has 11 heteroatoms. The summed E-state index contributed by atoms with van der Waals surface area (Å²) in [5, 5.41) is 17.1. The van der Waals surface area contributed by atoms with Crippen LogP contribution in [-0.2, 0) is 6.18 Å². The number of aromatic nitrogens is 3. The van der Waals surface area contributed by atoms with Gasteiger partial charge >= 0.3 is 6.18 Å². The zero-order valence-electron chi connectivity index (χ0n) is 18.0. The zero-order valence-corrected chi connectivity index (χ0v) is 18.0. The fraction of sp³-hybridized carbons (Fsp3) is 0.409. The molecular formula is C22H24F3N5O3. The van der Waals surface area contributed by atoms with Crippen LogP contribution in [0.1, 0.15) is 35.1 Å². The molecule has 0 aliphatic carbocycles. The molecule has 33 heavy (non-hydrogen) atoms. The van der Waals surface area contributed by atoms with Gasteiger partial charge in [0.05, 0.1) is 31.0 Å². The Morgan fingerprint density at radius 2 is 2.03 bits per heavy atom. The highest BCUT2D eigenvalue weighted by atomic mass is 19.4. The number of aliphatic hydroxyl groups excluding tert-OH is 1. The van der Waals surface area contributed by atoms with Crippen LogP contribution in [0.15, 0.2) is 36.5 Å². The van der Waals surface area contributed by atoms with Crippen LogP contribution in [0.25, 0.3) is 10.9 Å². The van der Waals surface area contributed by atoms with Crippen molar-refractivity contribution in [2.24, 2.45) is 0 Å². The van der Waals surface area contributed by atoms with Crippen molar-refractivity contribution in [3.8, 4) is 5.75 Å². The van der Waals surface area contributed by atoms with Crippen molar-refractivity contribution < 1.29 is 27.8 Å². The number of nitrogens with one attached hydrogen (secondary N) is 1. The second kappa shape index (κ2) is 9.36. The number of pyridine rings is 1. The summed E-state index contributed by atoms with van der Waals surface area (Å²) < 4.78 is 46.1. The molecule has 2 aromatic heterocycles. The van der Waals surface area contributed by atoms with Crippen LogP contribution in [0.4, 0.5) is 18.9 Å². The summed E-state index contributed by atoms with van der Waals surface area (Å²) in [5.41, 5.74) is -0.493. The Labute approximate surface area is 188 Å². The van der Waals surface area contributed by atoms with Crippen LogP contribution in [-0.4, -0.2) is 64.0 Å². The maximum atomic E-state index is 12.9. The van der Waals surface area contributed by atoms with Crippen LogP contribution in [0.5, 0.6) is 5.75 Å². The van der Waals surface area contributed by atoms with Gasteiger partial charge in [-0.1, -0.05) is 6.07 Å². The summed E-state index contributed by atoms with van der Waals surface area (Å²) in [6, 6.07) is 6.75. The third-order valence-electron chi connectivity index (χ3n) is 5.71. The van der Waals surface area contributed by atoms with Gasteiger partial charge in [-0.3, -0.25) is 9.48 Å². The number of benzene rings is 1. The minimum absolute atomic E-state index is 0.140. The molecule has 8 nitrogen and oxygen atoms in total. The van der Waals surface area contributed by atoms with Gasteiger partial charge in [0.2, 0.25) is 0 Å². The number of rotatable bonds is 6. The average molecular weight is 463 g/mol. The normalized spacial score (nSPS) is 15.7. The van der Waals surface area contributed by atoms with Gasteiger partial charge in [0.25, 0.3) is 5.91 Å². The van der Waals surface area contributed by atoms with E-state index in [1.165, 1.54) is 13.2 Å². The van der Waals surface area contributed by atoms with Crippen molar-refractivity contribution in [2.75, 3.05) is 38.7 Å². The molecule has 0 bridgehead atoms. The van der Waals surface area contributed by atoms with Gasteiger partial charge in [-0.05, 0) is 31.0 Å². The lowest BCUT2D eigenvalue weighted by Crippen LogP contribution is -2.36. The number of ether oxygens (including phenoxy) is 1. The highest BCUT2D eigenvalue weighted by Gasteiger charge is 2.33. The van der Waals surface area contributed by atoms with E-state index < -0.39 is 17.8 Å². The molecule has 0 saturated carbocycles. The number of amides is 1. The number of carbonyl (C=O) groups excluding carboxylic acids is 1. The molecule has 0 atom stereocenters. The predicted octanol–water partition coefficient (Wildman–Crippen LogP) is 3.34. The Kier molecular flexibility index (Phi) is 6.52. The fourth-order valence-electron chi connectivity index (χ4n) is 3.98. The molecule has 4 rings (SSSR count). The van der Waals surface area contributed by atoms with Gasteiger partial charge in [-0.15, -0.1) is 0 Å². The van der Waals surface area contributed by atoms with Crippen molar-refractivity contribution in [1.82, 2.24) is 19.7 Å². The summed E-state index contributed by atoms with van der Waals surface area (Å²) in [5.74, 6) is -0.437. The first-order valence-corrected chi connectivity index (χ1v) is 10.5. The van der Waals surface area contributed by atoms with E-state index in [1.54, 1.807) is 12.1 Å². The number of hydrogen-bond donors (Lipinski definition) is 2. The van der Waals surface area contributed by atoms with Crippen LogP contribution >= 0.6 is 0 Å². The molecule has 2 N–H and O–H groups in total. The number of β-amino-alcohol motifs (C(OH)–C–C–N with tert-alkyl or cyclic N) is 1. The summed E-state index contributed by atoms with van der Waals surface area (Å²) in [7, 11) is 1.44. The van der Waals surface area contributed by atoms with Gasteiger partial charge in [-0.2, -0.15) is 18.3 Å². The molecular weight excluding hydrogens is 439 g/mol. The van der Waals surface area contributed by atoms with E-state index >= 15 is 0 Å². The Hall–Kier alpha value is -3.18. The molecule has 1 aliphatic rings. The number of piperidine rings is 1. The molecule has 3 heterocycles. The molecule has 1 fully saturated rings. The number of anilines is 1. The maximum absolute atomic E-state index is 12.9. The SMILES string of the molecule is COc1cc2nn(C3CCN(CCO)CC3)cc2cc1NC(=O)c1cccc(C(F)(F)F)n1. The number of hydrogen-bond acceptors (Lipinski definition) is 6. The first-order chi connectivity index (χ1) is 15.8. The van der Waals surface area contributed by atoms with Gasteiger partial charge in [-0.25, -0.2) is 4.98 Å². The van der Waals surface area contributed by atoms with Crippen LogP contribution in [0.2, 0.25) is 0 Å². The molecule has 0 unspecified atom stereocenters. The Bertz CT molecular complexity index is 1140. The second-order valence-electron chi connectivity index (χ2n) is 7.88. The van der Waals surface area contributed by atoms with Crippen molar-refractivity contribution in [1.29, 1.82) is 0 Å². The smallest absolute Gasteiger partial charge is 0.433 e. The number of aliphatic hydroxyl groups is 1. The molecule has 176 valence electrons. The number of alkyl halides is 3.